The summed E-state index contributed by atoms with van der Waals surface area (Å²) in [5.41, 5.74) is 8.36. The van der Waals surface area contributed by atoms with E-state index in [1.165, 1.54) is 33.4 Å². The predicted octanol–water partition coefficient (Wildman–Crippen LogP) is 5.58. The summed E-state index contributed by atoms with van der Waals surface area (Å²) in [5.74, 6) is 0. The molecule has 0 heteroatoms. The van der Waals surface area contributed by atoms with Gasteiger partial charge in [-0.15, -0.1) is 0 Å². The van der Waals surface area contributed by atoms with Gasteiger partial charge in [-0.2, -0.15) is 0 Å². The molecular weight excluding hydrogens is 228 g/mol. The van der Waals surface area contributed by atoms with E-state index in [0.717, 1.165) is 0 Å². The summed E-state index contributed by atoms with van der Waals surface area (Å²) in [7, 11) is 0. The van der Waals surface area contributed by atoms with Crippen molar-refractivity contribution in [1.82, 2.24) is 0 Å². The molecule has 0 aliphatic carbocycles. The van der Waals surface area contributed by atoms with Gasteiger partial charge in [-0.25, -0.2) is 0 Å². The zero-order valence-electron chi connectivity index (χ0n) is 13.0. The molecule has 0 heterocycles. The maximum absolute atomic E-state index is 2.37. The van der Waals surface area contributed by atoms with E-state index in [2.05, 4.69) is 77.9 Å². The van der Waals surface area contributed by atoms with Crippen molar-refractivity contribution in [2.45, 2.75) is 47.0 Å². The van der Waals surface area contributed by atoms with Crippen LogP contribution in [0.15, 0.2) is 36.4 Å². The third-order valence-corrected chi connectivity index (χ3v) is 3.74. The molecule has 0 fully saturated rings. The zero-order chi connectivity index (χ0) is 14.2. The Morgan fingerprint density at radius 1 is 0.737 bits per heavy atom. The van der Waals surface area contributed by atoms with Crippen molar-refractivity contribution in [3.05, 3.63) is 58.7 Å². The molecule has 19 heavy (non-hydrogen) atoms. The Bertz CT molecular complexity index is 581. The summed E-state index contributed by atoms with van der Waals surface area (Å²) in [5, 5.41) is 0. The third-order valence-electron chi connectivity index (χ3n) is 3.74. The van der Waals surface area contributed by atoms with Crippen LogP contribution in [0.1, 0.15) is 43.0 Å². The fourth-order valence-corrected chi connectivity index (χ4v) is 2.70. The van der Waals surface area contributed by atoms with Crippen LogP contribution in [0.3, 0.4) is 0 Å². The van der Waals surface area contributed by atoms with Gasteiger partial charge in [0.25, 0.3) is 0 Å². The normalized spacial score (nSPS) is 11.7. The monoisotopic (exact) mass is 252 g/mol. The Morgan fingerprint density at radius 2 is 1.32 bits per heavy atom. The van der Waals surface area contributed by atoms with Crippen molar-refractivity contribution in [1.29, 1.82) is 0 Å². The largest absolute Gasteiger partial charge is 0.0587 e. The molecule has 0 saturated carbocycles. The van der Waals surface area contributed by atoms with Crippen molar-refractivity contribution in [2.75, 3.05) is 0 Å². The predicted molar refractivity (Wildman–Crippen MR) is 84.8 cm³/mol. The van der Waals surface area contributed by atoms with Gasteiger partial charge in [0.1, 0.15) is 0 Å². The Kier molecular flexibility index (Phi) is 3.54. The lowest BCUT2D eigenvalue weighted by molar-refractivity contribution is 0.586. The first kappa shape index (κ1) is 13.9. The molecule has 0 unspecified atom stereocenters. The van der Waals surface area contributed by atoms with E-state index in [1.54, 1.807) is 0 Å². The summed E-state index contributed by atoms with van der Waals surface area (Å²) in [6.07, 6.45) is 0. The number of rotatable bonds is 1. The van der Waals surface area contributed by atoms with Crippen molar-refractivity contribution >= 4 is 0 Å². The summed E-state index contributed by atoms with van der Waals surface area (Å²) >= 11 is 0. The Morgan fingerprint density at radius 3 is 1.84 bits per heavy atom. The number of benzene rings is 2. The number of aryl methyl sites for hydroxylation is 3. The van der Waals surface area contributed by atoms with Crippen LogP contribution in [0.25, 0.3) is 11.1 Å². The molecule has 0 aliphatic rings. The van der Waals surface area contributed by atoms with E-state index in [0.29, 0.717) is 0 Å². The van der Waals surface area contributed by atoms with Crippen LogP contribution in [0.4, 0.5) is 0 Å². The van der Waals surface area contributed by atoms with Crippen LogP contribution in [0.2, 0.25) is 0 Å². The van der Waals surface area contributed by atoms with E-state index >= 15 is 0 Å². The molecule has 0 aromatic heterocycles. The van der Waals surface area contributed by atoms with Gasteiger partial charge < -0.3 is 0 Å². The highest BCUT2D eigenvalue weighted by molar-refractivity contribution is 5.69. The second-order valence-corrected chi connectivity index (χ2v) is 6.60. The summed E-state index contributed by atoms with van der Waals surface area (Å²) in [6.45, 7) is 13.4. The number of hydrogen-bond acceptors (Lipinski definition) is 0. The second kappa shape index (κ2) is 4.85. The SMILES string of the molecule is Cc1ccc(-c2cc(C(C)(C)C)c(C)cc2C)cc1. The van der Waals surface area contributed by atoms with Gasteiger partial charge in [0.15, 0.2) is 0 Å². The molecule has 0 nitrogen and oxygen atoms in total. The minimum Gasteiger partial charge on any atom is -0.0587 e. The van der Waals surface area contributed by atoms with Crippen molar-refractivity contribution in [3.8, 4) is 11.1 Å². The van der Waals surface area contributed by atoms with Gasteiger partial charge in [0.2, 0.25) is 0 Å². The van der Waals surface area contributed by atoms with Gasteiger partial charge >= 0.3 is 0 Å². The van der Waals surface area contributed by atoms with Gasteiger partial charge in [-0.3, -0.25) is 0 Å². The maximum atomic E-state index is 2.37. The minimum atomic E-state index is 0.192. The summed E-state index contributed by atoms with van der Waals surface area (Å²) < 4.78 is 0. The molecule has 0 bridgehead atoms. The summed E-state index contributed by atoms with van der Waals surface area (Å²) in [4.78, 5) is 0. The third kappa shape index (κ3) is 2.89. The van der Waals surface area contributed by atoms with Crippen LogP contribution < -0.4 is 0 Å². The van der Waals surface area contributed by atoms with E-state index in [9.17, 15) is 0 Å². The molecular formula is C19H24. The standard InChI is InChI=1S/C19H24/c1-13-7-9-16(10-8-13)17-12-18(19(4,5)6)15(3)11-14(17)2/h7-12H,1-6H3. The Hall–Kier alpha value is -1.56. The Labute approximate surface area is 117 Å². The minimum absolute atomic E-state index is 0.192. The maximum Gasteiger partial charge on any atom is -0.0129 e. The fourth-order valence-electron chi connectivity index (χ4n) is 2.70. The van der Waals surface area contributed by atoms with Gasteiger partial charge in [-0.05, 0) is 54.0 Å². The quantitative estimate of drug-likeness (QED) is 0.622. The van der Waals surface area contributed by atoms with E-state index in [-0.39, 0.29) is 5.41 Å². The molecule has 0 atom stereocenters. The zero-order valence-corrected chi connectivity index (χ0v) is 13.0. The smallest absolute Gasteiger partial charge is 0.0129 e. The van der Waals surface area contributed by atoms with Crippen molar-refractivity contribution in [2.24, 2.45) is 0 Å². The molecule has 0 spiro atoms. The van der Waals surface area contributed by atoms with Crippen LogP contribution in [-0.4, -0.2) is 0 Å². The summed E-state index contributed by atoms with van der Waals surface area (Å²) in [6, 6.07) is 13.5. The molecule has 2 aromatic rings. The first-order chi connectivity index (χ1) is 8.79. The van der Waals surface area contributed by atoms with Crippen LogP contribution in [0, 0.1) is 20.8 Å². The second-order valence-electron chi connectivity index (χ2n) is 6.60. The molecule has 0 aliphatic heterocycles. The highest BCUT2D eigenvalue weighted by Crippen LogP contribution is 2.32. The topological polar surface area (TPSA) is 0 Å². The molecule has 0 saturated heterocycles. The number of hydrogen-bond donors (Lipinski definition) is 0. The molecule has 2 rings (SSSR count). The first-order valence-electron chi connectivity index (χ1n) is 6.98. The first-order valence-corrected chi connectivity index (χ1v) is 6.98. The van der Waals surface area contributed by atoms with Crippen molar-refractivity contribution in [3.63, 3.8) is 0 Å². The highest BCUT2D eigenvalue weighted by Gasteiger charge is 2.18. The van der Waals surface area contributed by atoms with Gasteiger partial charge in [-0.1, -0.05) is 62.7 Å². The van der Waals surface area contributed by atoms with Crippen molar-refractivity contribution < 1.29 is 0 Å². The van der Waals surface area contributed by atoms with E-state index in [1.807, 2.05) is 0 Å². The van der Waals surface area contributed by atoms with Crippen LogP contribution in [-0.2, 0) is 5.41 Å². The van der Waals surface area contributed by atoms with Crippen LogP contribution >= 0.6 is 0 Å². The van der Waals surface area contributed by atoms with Gasteiger partial charge in [0, 0.05) is 0 Å². The Balaban J connectivity index is 2.61. The van der Waals surface area contributed by atoms with E-state index < -0.39 is 0 Å². The average molecular weight is 252 g/mol. The molecule has 100 valence electrons. The lowest BCUT2D eigenvalue weighted by Crippen LogP contribution is -2.13. The van der Waals surface area contributed by atoms with Gasteiger partial charge in [0.05, 0.1) is 0 Å². The highest BCUT2D eigenvalue weighted by atomic mass is 14.2. The average Bonchev–Trinajstić information content (AvgIpc) is 2.29. The molecule has 0 amide bonds. The lowest BCUT2D eigenvalue weighted by Gasteiger charge is -2.24. The molecule has 2 aromatic carbocycles. The molecule has 0 N–H and O–H groups in total. The molecule has 0 radical (unpaired) electrons. The fraction of sp³-hybridized carbons (Fsp3) is 0.368. The lowest BCUT2D eigenvalue weighted by atomic mass is 9.81. The van der Waals surface area contributed by atoms with Crippen LogP contribution in [0.5, 0.6) is 0 Å². The van der Waals surface area contributed by atoms with E-state index in [4.69, 9.17) is 0 Å².